The fourth-order valence-electron chi connectivity index (χ4n) is 1.72. The third-order valence-electron chi connectivity index (χ3n) is 2.51. The Bertz CT molecular complexity index is 582. The van der Waals surface area contributed by atoms with Gasteiger partial charge in [0.25, 0.3) is 0 Å². The molecule has 0 aliphatic carbocycles. The summed E-state index contributed by atoms with van der Waals surface area (Å²) in [6.07, 6.45) is 5.77. The minimum atomic E-state index is 1.12. The van der Waals surface area contributed by atoms with Crippen LogP contribution in [0, 0.1) is 0 Å². The van der Waals surface area contributed by atoms with Crippen LogP contribution >= 0.6 is 0 Å². The average Bonchev–Trinajstić information content (AvgIpc) is 2.77. The van der Waals surface area contributed by atoms with Gasteiger partial charge in [-0.25, -0.2) is 4.98 Å². The first-order chi connectivity index (χ1) is 7.43. The van der Waals surface area contributed by atoms with Gasteiger partial charge in [0.05, 0.1) is 18.0 Å². The van der Waals surface area contributed by atoms with E-state index in [4.69, 9.17) is 0 Å². The molecule has 0 saturated heterocycles. The molecule has 0 fully saturated rings. The van der Waals surface area contributed by atoms with Gasteiger partial charge in [-0.15, -0.1) is 0 Å². The van der Waals surface area contributed by atoms with Crippen LogP contribution in [0.3, 0.4) is 0 Å². The van der Waals surface area contributed by atoms with E-state index in [1.165, 1.54) is 11.1 Å². The molecule has 72 valence electrons. The van der Waals surface area contributed by atoms with Crippen molar-refractivity contribution in [1.29, 1.82) is 0 Å². The van der Waals surface area contributed by atoms with Gasteiger partial charge in [-0.2, -0.15) is 0 Å². The molecule has 0 aliphatic heterocycles. The van der Waals surface area contributed by atoms with Crippen molar-refractivity contribution in [2.45, 2.75) is 0 Å². The van der Waals surface area contributed by atoms with Crippen molar-refractivity contribution < 1.29 is 0 Å². The molecule has 0 radical (unpaired) electrons. The first kappa shape index (κ1) is 8.24. The van der Waals surface area contributed by atoms with E-state index in [0.29, 0.717) is 0 Å². The van der Waals surface area contributed by atoms with Crippen molar-refractivity contribution in [3.05, 3.63) is 61.2 Å². The highest BCUT2D eigenvalue weighted by Gasteiger charge is 1.98. The number of hydrogen-bond donors (Lipinski definition) is 0. The lowest BCUT2D eigenvalue weighted by Crippen LogP contribution is -1.83. The second-order valence-electron chi connectivity index (χ2n) is 3.51. The van der Waals surface area contributed by atoms with Gasteiger partial charge in [-0.1, -0.05) is 36.4 Å². The highest BCUT2D eigenvalue weighted by atomic mass is 15.0. The van der Waals surface area contributed by atoms with Crippen molar-refractivity contribution in [2.24, 2.45) is 0 Å². The van der Waals surface area contributed by atoms with E-state index in [9.17, 15) is 0 Å². The van der Waals surface area contributed by atoms with Crippen molar-refractivity contribution >= 4 is 5.52 Å². The third kappa shape index (κ3) is 1.40. The second-order valence-corrected chi connectivity index (χ2v) is 3.51. The van der Waals surface area contributed by atoms with Gasteiger partial charge >= 0.3 is 0 Å². The largest absolute Gasteiger partial charge is 0.306 e. The normalized spacial score (nSPS) is 10.7. The van der Waals surface area contributed by atoms with Gasteiger partial charge in [0.15, 0.2) is 0 Å². The molecule has 2 aromatic heterocycles. The SMILES string of the molecule is c1ccc(-c2ccc3cncn3c2)cc1. The van der Waals surface area contributed by atoms with Crippen LogP contribution in [0.4, 0.5) is 0 Å². The number of rotatable bonds is 1. The zero-order valence-corrected chi connectivity index (χ0v) is 8.17. The first-order valence-corrected chi connectivity index (χ1v) is 4.91. The van der Waals surface area contributed by atoms with E-state index in [2.05, 4.69) is 35.4 Å². The zero-order chi connectivity index (χ0) is 10.1. The maximum absolute atomic E-state index is 4.10. The monoisotopic (exact) mass is 194 g/mol. The van der Waals surface area contributed by atoms with Crippen LogP contribution in [0.1, 0.15) is 0 Å². The standard InChI is InChI=1S/C13H10N2/c1-2-4-11(5-3-1)12-6-7-13-8-14-10-15(13)9-12/h1-10H. The Morgan fingerprint density at radius 2 is 1.73 bits per heavy atom. The Kier molecular flexibility index (Phi) is 1.78. The maximum Gasteiger partial charge on any atom is 0.0992 e. The summed E-state index contributed by atoms with van der Waals surface area (Å²) in [6, 6.07) is 14.5. The Morgan fingerprint density at radius 1 is 0.867 bits per heavy atom. The third-order valence-corrected chi connectivity index (χ3v) is 2.51. The highest BCUT2D eigenvalue weighted by Crippen LogP contribution is 2.19. The summed E-state index contributed by atoms with van der Waals surface area (Å²) in [6.45, 7) is 0. The summed E-state index contributed by atoms with van der Waals surface area (Å²) < 4.78 is 2.03. The van der Waals surface area contributed by atoms with E-state index in [1.54, 1.807) is 0 Å². The predicted octanol–water partition coefficient (Wildman–Crippen LogP) is 3.00. The van der Waals surface area contributed by atoms with E-state index in [0.717, 1.165) is 5.52 Å². The molecular formula is C13H10N2. The molecule has 0 aliphatic rings. The van der Waals surface area contributed by atoms with Crippen LogP contribution in [-0.4, -0.2) is 9.38 Å². The molecule has 0 saturated carbocycles. The molecule has 2 nitrogen and oxygen atoms in total. The Morgan fingerprint density at radius 3 is 2.60 bits per heavy atom. The fourth-order valence-corrected chi connectivity index (χ4v) is 1.72. The number of benzene rings is 1. The number of aromatic nitrogens is 2. The molecule has 0 spiro atoms. The van der Waals surface area contributed by atoms with Crippen molar-refractivity contribution in [3.63, 3.8) is 0 Å². The van der Waals surface area contributed by atoms with E-state index < -0.39 is 0 Å². The van der Waals surface area contributed by atoms with Gasteiger partial charge in [0, 0.05) is 6.20 Å². The molecular weight excluding hydrogens is 184 g/mol. The summed E-state index contributed by atoms with van der Waals surface area (Å²) in [4.78, 5) is 4.10. The van der Waals surface area contributed by atoms with Gasteiger partial charge < -0.3 is 4.40 Å². The molecule has 3 rings (SSSR count). The quantitative estimate of drug-likeness (QED) is 0.582. The van der Waals surface area contributed by atoms with Crippen LogP contribution in [-0.2, 0) is 0 Å². The highest BCUT2D eigenvalue weighted by molar-refractivity contribution is 5.65. The molecule has 0 bridgehead atoms. The summed E-state index contributed by atoms with van der Waals surface area (Å²) >= 11 is 0. The maximum atomic E-state index is 4.10. The average molecular weight is 194 g/mol. The van der Waals surface area contributed by atoms with Gasteiger partial charge in [-0.3, -0.25) is 0 Å². The lowest BCUT2D eigenvalue weighted by molar-refractivity contribution is 1.16. The molecule has 2 heteroatoms. The van der Waals surface area contributed by atoms with Crippen molar-refractivity contribution in [1.82, 2.24) is 9.38 Å². The minimum absolute atomic E-state index is 1.12. The Hall–Kier alpha value is -2.09. The second kappa shape index (κ2) is 3.24. The van der Waals surface area contributed by atoms with E-state index in [-0.39, 0.29) is 0 Å². The fraction of sp³-hybridized carbons (Fsp3) is 0. The molecule has 0 atom stereocenters. The van der Waals surface area contributed by atoms with Crippen molar-refractivity contribution in [3.8, 4) is 11.1 Å². The molecule has 2 heterocycles. The Labute approximate surface area is 87.8 Å². The smallest absolute Gasteiger partial charge is 0.0992 e. The molecule has 3 aromatic rings. The number of fused-ring (bicyclic) bond motifs is 1. The first-order valence-electron chi connectivity index (χ1n) is 4.91. The summed E-state index contributed by atoms with van der Waals surface area (Å²) in [5, 5.41) is 0. The number of pyridine rings is 1. The van der Waals surface area contributed by atoms with Crippen LogP contribution in [0.5, 0.6) is 0 Å². The molecule has 0 N–H and O–H groups in total. The van der Waals surface area contributed by atoms with Crippen LogP contribution in [0.2, 0.25) is 0 Å². The lowest BCUT2D eigenvalue weighted by Gasteiger charge is -2.01. The van der Waals surface area contributed by atoms with Gasteiger partial charge in [0.1, 0.15) is 0 Å². The van der Waals surface area contributed by atoms with Gasteiger partial charge in [0.2, 0.25) is 0 Å². The van der Waals surface area contributed by atoms with Gasteiger partial charge in [-0.05, 0) is 17.2 Å². The lowest BCUT2D eigenvalue weighted by atomic mass is 10.1. The summed E-state index contributed by atoms with van der Waals surface area (Å²) in [5.41, 5.74) is 3.56. The number of nitrogens with zero attached hydrogens (tertiary/aromatic N) is 2. The molecule has 1 aromatic carbocycles. The molecule has 15 heavy (non-hydrogen) atoms. The minimum Gasteiger partial charge on any atom is -0.306 e. The van der Waals surface area contributed by atoms with Crippen molar-refractivity contribution in [2.75, 3.05) is 0 Å². The topological polar surface area (TPSA) is 17.3 Å². The van der Waals surface area contributed by atoms with E-state index in [1.807, 2.05) is 35.1 Å². The summed E-state index contributed by atoms with van der Waals surface area (Å²) in [5.74, 6) is 0. The van der Waals surface area contributed by atoms with Crippen LogP contribution < -0.4 is 0 Å². The van der Waals surface area contributed by atoms with Crippen LogP contribution in [0.25, 0.3) is 16.6 Å². The molecule has 0 amide bonds. The molecule has 0 unspecified atom stereocenters. The zero-order valence-electron chi connectivity index (χ0n) is 8.17. The van der Waals surface area contributed by atoms with Crippen LogP contribution in [0.15, 0.2) is 61.2 Å². The van der Waals surface area contributed by atoms with E-state index >= 15 is 0 Å². The Balaban J connectivity index is 2.19. The number of hydrogen-bond acceptors (Lipinski definition) is 1. The number of imidazole rings is 1. The summed E-state index contributed by atoms with van der Waals surface area (Å²) in [7, 11) is 0. The predicted molar refractivity (Wildman–Crippen MR) is 60.6 cm³/mol.